The number of aromatic nitrogens is 2. The van der Waals surface area contributed by atoms with Crippen LogP contribution in [0.15, 0.2) is 36.7 Å². The van der Waals surface area contributed by atoms with Crippen molar-refractivity contribution in [3.05, 3.63) is 42.2 Å². The Morgan fingerprint density at radius 1 is 1.38 bits per heavy atom. The smallest absolute Gasteiger partial charge is 0.317 e. The van der Waals surface area contributed by atoms with Crippen molar-refractivity contribution >= 4 is 6.03 Å². The SMILES string of the molecule is C[C@H](Cn1cccn1)NC(=O)N(C)Cc1ccc2c(c1)OCCO2. The summed E-state index contributed by atoms with van der Waals surface area (Å²) in [7, 11) is 1.77. The standard InChI is InChI=1S/C17H22N4O3/c1-13(11-21-7-3-6-18-21)19-17(22)20(2)12-14-4-5-15-16(10-14)24-9-8-23-15/h3-7,10,13H,8-9,11-12H2,1-2H3,(H,19,22)/t13-/m1/s1. The van der Waals surface area contributed by atoms with Gasteiger partial charge in [0.05, 0.1) is 6.54 Å². The summed E-state index contributed by atoms with van der Waals surface area (Å²) in [6.45, 7) is 4.21. The summed E-state index contributed by atoms with van der Waals surface area (Å²) in [5, 5.41) is 7.11. The quantitative estimate of drug-likeness (QED) is 0.909. The lowest BCUT2D eigenvalue weighted by Gasteiger charge is -2.23. The van der Waals surface area contributed by atoms with Crippen molar-refractivity contribution in [3.63, 3.8) is 0 Å². The predicted molar refractivity (Wildman–Crippen MR) is 89.1 cm³/mol. The first-order valence-electron chi connectivity index (χ1n) is 7.99. The van der Waals surface area contributed by atoms with Gasteiger partial charge in [-0.15, -0.1) is 0 Å². The molecule has 3 rings (SSSR count). The van der Waals surface area contributed by atoms with Gasteiger partial charge < -0.3 is 19.7 Å². The molecule has 0 saturated heterocycles. The minimum atomic E-state index is -0.121. The fraction of sp³-hybridized carbons (Fsp3) is 0.412. The molecular weight excluding hydrogens is 308 g/mol. The average Bonchev–Trinajstić information content (AvgIpc) is 3.07. The highest BCUT2D eigenvalue weighted by Gasteiger charge is 2.15. The van der Waals surface area contributed by atoms with Crippen LogP contribution in [0.2, 0.25) is 0 Å². The Kier molecular flexibility index (Phi) is 4.88. The molecule has 1 N–H and O–H groups in total. The lowest BCUT2D eigenvalue weighted by molar-refractivity contribution is 0.171. The zero-order valence-electron chi connectivity index (χ0n) is 13.9. The molecule has 1 atom stereocenters. The summed E-state index contributed by atoms with van der Waals surface area (Å²) in [5.41, 5.74) is 0.997. The molecule has 2 heterocycles. The molecule has 7 nitrogen and oxygen atoms in total. The topological polar surface area (TPSA) is 68.6 Å². The first-order chi connectivity index (χ1) is 11.6. The Morgan fingerprint density at radius 3 is 2.92 bits per heavy atom. The predicted octanol–water partition coefficient (Wildman–Crippen LogP) is 1.88. The van der Waals surface area contributed by atoms with Gasteiger partial charge >= 0.3 is 6.03 Å². The second-order valence-electron chi connectivity index (χ2n) is 5.91. The van der Waals surface area contributed by atoms with E-state index >= 15 is 0 Å². The molecule has 0 bridgehead atoms. The fourth-order valence-electron chi connectivity index (χ4n) is 2.59. The number of nitrogens with zero attached hydrogens (tertiary/aromatic N) is 3. The third-order valence-electron chi connectivity index (χ3n) is 3.76. The Balaban J connectivity index is 1.54. The summed E-state index contributed by atoms with van der Waals surface area (Å²) >= 11 is 0. The number of nitrogens with one attached hydrogen (secondary N) is 1. The number of fused-ring (bicyclic) bond motifs is 1. The highest BCUT2D eigenvalue weighted by molar-refractivity contribution is 5.74. The molecular formula is C17H22N4O3. The summed E-state index contributed by atoms with van der Waals surface area (Å²) in [6.07, 6.45) is 3.60. The van der Waals surface area contributed by atoms with Crippen LogP contribution in [0.5, 0.6) is 11.5 Å². The minimum absolute atomic E-state index is 0.0138. The fourth-order valence-corrected chi connectivity index (χ4v) is 2.59. The monoisotopic (exact) mass is 330 g/mol. The molecule has 2 aromatic rings. The highest BCUT2D eigenvalue weighted by Crippen LogP contribution is 2.30. The second kappa shape index (κ2) is 7.25. The molecule has 0 spiro atoms. The lowest BCUT2D eigenvalue weighted by Crippen LogP contribution is -2.43. The van der Waals surface area contributed by atoms with E-state index in [1.165, 1.54) is 0 Å². The van der Waals surface area contributed by atoms with Gasteiger partial charge in [-0.3, -0.25) is 4.68 Å². The van der Waals surface area contributed by atoms with E-state index in [9.17, 15) is 4.79 Å². The average molecular weight is 330 g/mol. The largest absolute Gasteiger partial charge is 0.486 e. The van der Waals surface area contributed by atoms with Crippen LogP contribution < -0.4 is 14.8 Å². The number of hydrogen-bond acceptors (Lipinski definition) is 4. The Bertz CT molecular complexity index is 687. The molecule has 0 radical (unpaired) electrons. The summed E-state index contributed by atoms with van der Waals surface area (Å²) in [6, 6.07) is 7.48. The Hall–Kier alpha value is -2.70. The maximum atomic E-state index is 12.3. The molecule has 0 unspecified atom stereocenters. The molecule has 0 fully saturated rings. The van der Waals surface area contributed by atoms with Gasteiger partial charge in [-0.2, -0.15) is 5.10 Å². The van der Waals surface area contributed by atoms with Gasteiger partial charge in [-0.05, 0) is 30.7 Å². The number of urea groups is 1. The normalized spacial score (nSPS) is 14.1. The van der Waals surface area contributed by atoms with Gasteiger partial charge in [0.15, 0.2) is 11.5 Å². The van der Waals surface area contributed by atoms with E-state index in [-0.39, 0.29) is 12.1 Å². The van der Waals surface area contributed by atoms with E-state index < -0.39 is 0 Å². The Morgan fingerprint density at radius 2 is 2.17 bits per heavy atom. The van der Waals surface area contributed by atoms with Crippen LogP contribution in [-0.4, -0.2) is 47.0 Å². The van der Waals surface area contributed by atoms with Crippen LogP contribution >= 0.6 is 0 Å². The molecule has 2 amide bonds. The minimum Gasteiger partial charge on any atom is -0.486 e. The van der Waals surface area contributed by atoms with Crippen molar-refractivity contribution in [2.45, 2.75) is 26.1 Å². The molecule has 7 heteroatoms. The van der Waals surface area contributed by atoms with Gasteiger partial charge in [0.1, 0.15) is 13.2 Å². The van der Waals surface area contributed by atoms with E-state index in [1.54, 1.807) is 22.8 Å². The van der Waals surface area contributed by atoms with Crippen molar-refractivity contribution in [1.82, 2.24) is 20.0 Å². The molecule has 0 saturated carbocycles. The van der Waals surface area contributed by atoms with Crippen molar-refractivity contribution < 1.29 is 14.3 Å². The zero-order valence-corrected chi connectivity index (χ0v) is 13.9. The van der Waals surface area contributed by atoms with E-state index in [4.69, 9.17) is 9.47 Å². The molecule has 1 aromatic heterocycles. The van der Waals surface area contributed by atoms with Gasteiger partial charge in [0.25, 0.3) is 0 Å². The van der Waals surface area contributed by atoms with Crippen LogP contribution in [0.3, 0.4) is 0 Å². The zero-order chi connectivity index (χ0) is 16.9. The van der Waals surface area contributed by atoms with Crippen LogP contribution in [0.4, 0.5) is 4.79 Å². The van der Waals surface area contributed by atoms with Crippen molar-refractivity contribution in [2.75, 3.05) is 20.3 Å². The van der Waals surface area contributed by atoms with Gasteiger partial charge in [-0.1, -0.05) is 6.07 Å². The third-order valence-corrected chi connectivity index (χ3v) is 3.76. The number of carbonyl (C=O) groups is 1. The molecule has 1 aliphatic rings. The first-order valence-corrected chi connectivity index (χ1v) is 7.99. The molecule has 1 aromatic carbocycles. The van der Waals surface area contributed by atoms with Crippen LogP contribution in [0.1, 0.15) is 12.5 Å². The van der Waals surface area contributed by atoms with Crippen LogP contribution in [0.25, 0.3) is 0 Å². The first kappa shape index (κ1) is 16.2. The number of amides is 2. The number of benzene rings is 1. The van der Waals surface area contributed by atoms with E-state index in [0.29, 0.717) is 26.3 Å². The van der Waals surface area contributed by atoms with Gasteiger partial charge in [0.2, 0.25) is 0 Å². The van der Waals surface area contributed by atoms with Crippen molar-refractivity contribution in [3.8, 4) is 11.5 Å². The molecule has 1 aliphatic heterocycles. The third kappa shape index (κ3) is 3.98. The van der Waals surface area contributed by atoms with Crippen LogP contribution in [0, 0.1) is 0 Å². The number of hydrogen-bond donors (Lipinski definition) is 1. The summed E-state index contributed by atoms with van der Waals surface area (Å²) in [4.78, 5) is 13.9. The van der Waals surface area contributed by atoms with Crippen LogP contribution in [-0.2, 0) is 13.1 Å². The maximum Gasteiger partial charge on any atom is 0.317 e. The van der Waals surface area contributed by atoms with Gasteiger partial charge in [-0.25, -0.2) is 4.79 Å². The van der Waals surface area contributed by atoms with Crippen molar-refractivity contribution in [2.24, 2.45) is 0 Å². The molecule has 24 heavy (non-hydrogen) atoms. The van der Waals surface area contributed by atoms with E-state index in [0.717, 1.165) is 17.1 Å². The van der Waals surface area contributed by atoms with E-state index in [1.807, 2.05) is 37.4 Å². The molecule has 0 aliphatic carbocycles. The summed E-state index contributed by atoms with van der Waals surface area (Å²) in [5.74, 6) is 1.49. The van der Waals surface area contributed by atoms with Crippen molar-refractivity contribution in [1.29, 1.82) is 0 Å². The maximum absolute atomic E-state index is 12.3. The van der Waals surface area contributed by atoms with Gasteiger partial charge in [0, 0.05) is 32.0 Å². The second-order valence-corrected chi connectivity index (χ2v) is 5.91. The lowest BCUT2D eigenvalue weighted by atomic mass is 10.2. The Labute approximate surface area is 141 Å². The van der Waals surface area contributed by atoms with E-state index in [2.05, 4.69) is 10.4 Å². The highest BCUT2D eigenvalue weighted by atomic mass is 16.6. The summed E-state index contributed by atoms with van der Waals surface area (Å²) < 4.78 is 12.9. The number of rotatable bonds is 5. The number of ether oxygens (including phenoxy) is 2. The number of carbonyl (C=O) groups excluding carboxylic acids is 1. The molecule has 128 valence electrons.